The second-order valence-corrected chi connectivity index (χ2v) is 6.10. The van der Waals surface area contributed by atoms with E-state index in [0.29, 0.717) is 12.5 Å². The van der Waals surface area contributed by atoms with Crippen LogP contribution in [0.3, 0.4) is 0 Å². The van der Waals surface area contributed by atoms with Gasteiger partial charge in [0, 0.05) is 16.1 Å². The second-order valence-electron chi connectivity index (χ2n) is 4.40. The monoisotopic (exact) mass is 416 g/mol. The molecule has 2 aromatic carbocycles. The Balaban J connectivity index is 0.000000219. The fourth-order valence-electron chi connectivity index (χ4n) is 1.46. The topological polar surface area (TPSA) is 38.7 Å². The molecule has 0 bridgehead atoms. The van der Waals surface area contributed by atoms with Crippen LogP contribution in [0.15, 0.2) is 45.3 Å². The van der Waals surface area contributed by atoms with E-state index in [-0.39, 0.29) is 0 Å². The molecule has 0 aliphatic rings. The fraction of sp³-hybridized carbons (Fsp3) is 0.250. The van der Waals surface area contributed by atoms with Gasteiger partial charge in [-0.1, -0.05) is 31.9 Å². The van der Waals surface area contributed by atoms with E-state index in [1.165, 1.54) is 0 Å². The van der Waals surface area contributed by atoms with Crippen molar-refractivity contribution in [3.63, 3.8) is 0 Å². The quantitative estimate of drug-likeness (QED) is 0.697. The van der Waals surface area contributed by atoms with Crippen molar-refractivity contribution in [2.75, 3.05) is 13.9 Å². The second kappa shape index (κ2) is 9.07. The van der Waals surface area contributed by atoms with Gasteiger partial charge in [-0.25, -0.2) is 0 Å². The lowest BCUT2D eigenvalue weighted by Gasteiger charge is -2.05. The van der Waals surface area contributed by atoms with E-state index in [9.17, 15) is 0 Å². The molecule has 0 radical (unpaired) electrons. The van der Waals surface area contributed by atoms with Crippen molar-refractivity contribution < 1.29 is 14.6 Å². The molecule has 0 saturated heterocycles. The summed E-state index contributed by atoms with van der Waals surface area (Å²) < 4.78 is 12.1. The fourth-order valence-corrected chi connectivity index (χ4v) is 1.96. The number of aryl methyl sites for hydroxylation is 2. The molecule has 0 aliphatic heterocycles. The third-order valence-electron chi connectivity index (χ3n) is 2.61. The summed E-state index contributed by atoms with van der Waals surface area (Å²) >= 11 is 6.73. The SMILES string of the molecule is COCOc1ccc(Br)c(C)c1.Cc1cc(O)ccc1Br. The van der Waals surface area contributed by atoms with E-state index in [1.807, 2.05) is 38.1 Å². The Morgan fingerprint density at radius 1 is 0.952 bits per heavy atom. The first-order valence-corrected chi connectivity index (χ1v) is 7.85. The van der Waals surface area contributed by atoms with Crippen molar-refractivity contribution in [3.05, 3.63) is 56.5 Å². The van der Waals surface area contributed by atoms with E-state index < -0.39 is 0 Å². The van der Waals surface area contributed by atoms with Crippen molar-refractivity contribution >= 4 is 31.9 Å². The zero-order chi connectivity index (χ0) is 15.8. The van der Waals surface area contributed by atoms with E-state index >= 15 is 0 Å². The third-order valence-corrected chi connectivity index (χ3v) is 4.39. The summed E-state index contributed by atoms with van der Waals surface area (Å²) in [6.07, 6.45) is 0. The Morgan fingerprint density at radius 3 is 2.00 bits per heavy atom. The van der Waals surface area contributed by atoms with Crippen molar-refractivity contribution in [2.24, 2.45) is 0 Å². The van der Waals surface area contributed by atoms with Gasteiger partial charge in [0.25, 0.3) is 0 Å². The number of phenolic OH excluding ortho intramolecular Hbond substituents is 1. The summed E-state index contributed by atoms with van der Waals surface area (Å²) in [6.45, 7) is 4.24. The van der Waals surface area contributed by atoms with Gasteiger partial charge in [0.05, 0.1) is 0 Å². The van der Waals surface area contributed by atoms with Gasteiger partial charge in [-0.3, -0.25) is 0 Å². The Kier molecular flexibility index (Phi) is 7.78. The molecule has 114 valence electrons. The number of methoxy groups -OCH3 is 1. The number of phenols is 1. The summed E-state index contributed by atoms with van der Waals surface area (Å²) in [5, 5.41) is 8.92. The van der Waals surface area contributed by atoms with Gasteiger partial charge in [0.2, 0.25) is 0 Å². The summed E-state index contributed by atoms with van der Waals surface area (Å²) in [5.74, 6) is 1.15. The number of halogens is 2. The molecule has 2 rings (SSSR count). The van der Waals surface area contributed by atoms with Crippen LogP contribution in [0, 0.1) is 13.8 Å². The van der Waals surface area contributed by atoms with Crippen LogP contribution in [-0.2, 0) is 4.74 Å². The molecule has 0 fully saturated rings. The van der Waals surface area contributed by atoms with Gasteiger partial charge in [-0.05, 0) is 61.4 Å². The Bertz CT molecular complexity index is 586. The maximum Gasteiger partial charge on any atom is 0.188 e. The van der Waals surface area contributed by atoms with Crippen LogP contribution >= 0.6 is 31.9 Å². The van der Waals surface area contributed by atoms with E-state index in [0.717, 1.165) is 25.8 Å². The molecule has 0 aromatic heterocycles. The van der Waals surface area contributed by atoms with Crippen LogP contribution in [0.2, 0.25) is 0 Å². The number of aromatic hydroxyl groups is 1. The zero-order valence-electron chi connectivity index (χ0n) is 12.2. The van der Waals surface area contributed by atoms with E-state index in [2.05, 4.69) is 31.9 Å². The van der Waals surface area contributed by atoms with Crippen LogP contribution in [0.4, 0.5) is 0 Å². The van der Waals surface area contributed by atoms with Crippen molar-refractivity contribution in [2.45, 2.75) is 13.8 Å². The summed E-state index contributed by atoms with van der Waals surface area (Å²) in [4.78, 5) is 0. The molecule has 5 heteroatoms. The van der Waals surface area contributed by atoms with Crippen LogP contribution in [0.25, 0.3) is 0 Å². The molecule has 0 spiro atoms. The zero-order valence-corrected chi connectivity index (χ0v) is 15.4. The maximum absolute atomic E-state index is 8.92. The molecule has 0 unspecified atom stereocenters. The largest absolute Gasteiger partial charge is 0.508 e. The highest BCUT2D eigenvalue weighted by molar-refractivity contribution is 9.10. The number of ether oxygens (including phenoxy) is 2. The van der Waals surface area contributed by atoms with Gasteiger partial charge in [-0.15, -0.1) is 0 Å². The lowest BCUT2D eigenvalue weighted by molar-refractivity contribution is 0.0511. The van der Waals surface area contributed by atoms with Gasteiger partial charge in [-0.2, -0.15) is 0 Å². The molecule has 1 N–H and O–H groups in total. The average Bonchev–Trinajstić information content (AvgIpc) is 2.45. The smallest absolute Gasteiger partial charge is 0.188 e. The Morgan fingerprint density at radius 2 is 1.52 bits per heavy atom. The van der Waals surface area contributed by atoms with E-state index in [4.69, 9.17) is 14.6 Å². The van der Waals surface area contributed by atoms with E-state index in [1.54, 1.807) is 19.2 Å². The molecule has 2 aromatic rings. The molecule has 3 nitrogen and oxygen atoms in total. The third kappa shape index (κ3) is 6.50. The molecule has 21 heavy (non-hydrogen) atoms. The van der Waals surface area contributed by atoms with Crippen molar-refractivity contribution in [3.8, 4) is 11.5 Å². The summed E-state index contributed by atoms with van der Waals surface area (Å²) in [5.41, 5.74) is 2.21. The maximum atomic E-state index is 8.92. The minimum Gasteiger partial charge on any atom is -0.508 e. The summed E-state index contributed by atoms with van der Waals surface area (Å²) in [7, 11) is 1.60. The lowest BCUT2D eigenvalue weighted by atomic mass is 10.2. The number of hydrogen-bond donors (Lipinski definition) is 1. The van der Waals surface area contributed by atoms with Crippen LogP contribution in [0.1, 0.15) is 11.1 Å². The predicted molar refractivity (Wildman–Crippen MR) is 91.9 cm³/mol. The molecule has 0 atom stereocenters. The number of hydrogen-bond acceptors (Lipinski definition) is 3. The molecule has 0 amide bonds. The molecule has 0 heterocycles. The minimum absolute atomic E-state index is 0.293. The molecule has 0 aliphatic carbocycles. The Hall–Kier alpha value is -1.04. The van der Waals surface area contributed by atoms with Gasteiger partial charge < -0.3 is 14.6 Å². The molecular weight excluding hydrogens is 400 g/mol. The van der Waals surface area contributed by atoms with Crippen LogP contribution < -0.4 is 4.74 Å². The predicted octanol–water partition coefficient (Wildman–Crippen LogP) is 5.20. The highest BCUT2D eigenvalue weighted by atomic mass is 79.9. The van der Waals surface area contributed by atoms with Crippen molar-refractivity contribution in [1.29, 1.82) is 0 Å². The molecular formula is C16H18Br2O3. The summed E-state index contributed by atoms with van der Waals surface area (Å²) in [6, 6.07) is 11.0. The highest BCUT2D eigenvalue weighted by Gasteiger charge is 1.96. The average molecular weight is 418 g/mol. The molecule has 0 saturated carbocycles. The highest BCUT2D eigenvalue weighted by Crippen LogP contribution is 2.21. The Labute approximate surface area is 142 Å². The van der Waals surface area contributed by atoms with Gasteiger partial charge in [0.1, 0.15) is 11.5 Å². The van der Waals surface area contributed by atoms with Gasteiger partial charge >= 0.3 is 0 Å². The first-order valence-electron chi connectivity index (χ1n) is 6.27. The standard InChI is InChI=1S/C9H11BrO2.C7H7BrO/c1-7-5-8(12-6-11-2)3-4-9(7)10;1-5-4-6(9)2-3-7(5)8/h3-5H,6H2,1-2H3;2-4,9H,1H3. The first kappa shape index (κ1) is 18.0. The first-order chi connectivity index (χ1) is 9.93. The van der Waals surface area contributed by atoms with Crippen LogP contribution in [-0.4, -0.2) is 19.0 Å². The number of benzene rings is 2. The van der Waals surface area contributed by atoms with Gasteiger partial charge in [0.15, 0.2) is 6.79 Å². The normalized spacial score (nSPS) is 9.76. The number of rotatable bonds is 3. The van der Waals surface area contributed by atoms with Crippen molar-refractivity contribution in [1.82, 2.24) is 0 Å². The van der Waals surface area contributed by atoms with Crippen LogP contribution in [0.5, 0.6) is 11.5 Å². The lowest BCUT2D eigenvalue weighted by Crippen LogP contribution is -1.98. The minimum atomic E-state index is 0.293.